The fourth-order valence-electron chi connectivity index (χ4n) is 2.52. The van der Waals surface area contributed by atoms with E-state index in [0.717, 1.165) is 19.0 Å². The average molecular weight is 328 g/mol. The third-order valence-corrected chi connectivity index (χ3v) is 3.89. The zero-order chi connectivity index (χ0) is 17.4. The lowest BCUT2D eigenvalue weighted by molar-refractivity contribution is 0.185. The Kier molecular flexibility index (Phi) is 6.88. The summed E-state index contributed by atoms with van der Waals surface area (Å²) in [5.41, 5.74) is 3.63. The molecule has 1 heterocycles. The van der Waals surface area contributed by atoms with Crippen molar-refractivity contribution in [1.29, 1.82) is 0 Å². The number of hydrogen-bond acceptors (Lipinski definition) is 2. The van der Waals surface area contributed by atoms with Gasteiger partial charge in [-0.15, -0.1) is 0 Å². The lowest BCUT2D eigenvalue weighted by Crippen LogP contribution is -2.38. The molecule has 0 aliphatic carbocycles. The maximum atomic E-state index is 5.14. The van der Waals surface area contributed by atoms with Gasteiger partial charge in [0.05, 0.1) is 19.7 Å². The van der Waals surface area contributed by atoms with Crippen molar-refractivity contribution in [2.75, 3.05) is 20.7 Å². The highest BCUT2D eigenvalue weighted by Gasteiger charge is 2.08. The molecular weight excluding hydrogens is 300 g/mol. The van der Waals surface area contributed by atoms with Crippen LogP contribution in [-0.4, -0.2) is 36.1 Å². The highest BCUT2D eigenvalue weighted by molar-refractivity contribution is 5.79. The van der Waals surface area contributed by atoms with Gasteiger partial charge < -0.3 is 19.5 Å². The summed E-state index contributed by atoms with van der Waals surface area (Å²) in [4.78, 5) is 6.91. The van der Waals surface area contributed by atoms with Crippen LogP contribution in [0.15, 0.2) is 47.6 Å². The number of aromatic nitrogens is 1. The summed E-state index contributed by atoms with van der Waals surface area (Å²) in [6, 6.07) is 12.6. The molecule has 0 aliphatic heterocycles. The molecule has 1 aromatic heterocycles. The first-order chi connectivity index (χ1) is 11.6. The van der Waals surface area contributed by atoms with E-state index >= 15 is 0 Å². The van der Waals surface area contributed by atoms with Crippen LogP contribution >= 0.6 is 0 Å². The minimum absolute atomic E-state index is 0.644. The number of ether oxygens (including phenoxy) is 1. The van der Waals surface area contributed by atoms with Crippen LogP contribution in [0.2, 0.25) is 0 Å². The Hall–Kier alpha value is -2.27. The SMILES string of the molecule is CCNC(=NCc1ccc(COC)cc1)N(C)Cc1cccn1C. The molecule has 0 saturated carbocycles. The lowest BCUT2D eigenvalue weighted by atomic mass is 10.1. The van der Waals surface area contributed by atoms with E-state index in [4.69, 9.17) is 9.73 Å². The van der Waals surface area contributed by atoms with Gasteiger partial charge in [-0.1, -0.05) is 24.3 Å². The van der Waals surface area contributed by atoms with Crippen LogP contribution in [0.3, 0.4) is 0 Å². The summed E-state index contributed by atoms with van der Waals surface area (Å²) >= 11 is 0. The summed E-state index contributed by atoms with van der Waals surface area (Å²) in [7, 11) is 5.84. The normalized spacial score (nSPS) is 11.6. The summed E-state index contributed by atoms with van der Waals surface area (Å²) in [5.74, 6) is 0.916. The second kappa shape index (κ2) is 9.13. The second-order valence-corrected chi connectivity index (χ2v) is 5.89. The monoisotopic (exact) mass is 328 g/mol. The predicted octanol–water partition coefficient (Wildman–Crippen LogP) is 2.77. The zero-order valence-corrected chi connectivity index (χ0v) is 15.1. The van der Waals surface area contributed by atoms with Crippen molar-refractivity contribution in [3.63, 3.8) is 0 Å². The number of aliphatic imine (C=N–C) groups is 1. The van der Waals surface area contributed by atoms with Crippen molar-refractivity contribution in [2.24, 2.45) is 12.0 Å². The molecule has 0 aliphatic rings. The molecule has 5 nitrogen and oxygen atoms in total. The van der Waals surface area contributed by atoms with E-state index in [-0.39, 0.29) is 0 Å². The average Bonchev–Trinajstić information content (AvgIpc) is 2.98. The van der Waals surface area contributed by atoms with Crippen LogP contribution < -0.4 is 5.32 Å². The zero-order valence-electron chi connectivity index (χ0n) is 15.1. The number of methoxy groups -OCH3 is 1. The summed E-state index contributed by atoms with van der Waals surface area (Å²) in [5, 5.41) is 3.36. The Morgan fingerprint density at radius 1 is 1.21 bits per heavy atom. The van der Waals surface area contributed by atoms with Gasteiger partial charge in [-0.25, -0.2) is 4.99 Å². The van der Waals surface area contributed by atoms with Crippen molar-refractivity contribution in [1.82, 2.24) is 14.8 Å². The molecular formula is C19H28N4O. The standard InChI is InChI=1S/C19H28N4O/c1-5-20-19(23(3)14-18-7-6-12-22(18)2)21-13-16-8-10-17(11-9-16)15-24-4/h6-12H,5,13-15H2,1-4H3,(H,20,21). The lowest BCUT2D eigenvalue weighted by Gasteiger charge is -2.22. The maximum Gasteiger partial charge on any atom is 0.194 e. The fourth-order valence-corrected chi connectivity index (χ4v) is 2.52. The molecule has 0 atom stereocenters. The van der Waals surface area contributed by atoms with Crippen molar-refractivity contribution in [3.8, 4) is 0 Å². The van der Waals surface area contributed by atoms with Crippen molar-refractivity contribution in [2.45, 2.75) is 26.6 Å². The van der Waals surface area contributed by atoms with Crippen molar-refractivity contribution in [3.05, 3.63) is 59.4 Å². The molecule has 0 radical (unpaired) electrons. The van der Waals surface area contributed by atoms with Gasteiger partial charge in [0.2, 0.25) is 0 Å². The minimum Gasteiger partial charge on any atom is -0.380 e. The van der Waals surface area contributed by atoms with Crippen molar-refractivity contribution >= 4 is 5.96 Å². The largest absolute Gasteiger partial charge is 0.380 e. The quantitative estimate of drug-likeness (QED) is 0.628. The Morgan fingerprint density at radius 2 is 1.92 bits per heavy atom. The van der Waals surface area contributed by atoms with Gasteiger partial charge in [-0.05, 0) is 30.2 Å². The van der Waals surface area contributed by atoms with Crippen LogP contribution in [0.5, 0.6) is 0 Å². The number of hydrogen-bond donors (Lipinski definition) is 1. The van der Waals surface area contributed by atoms with E-state index in [2.05, 4.69) is 78.4 Å². The first kappa shape index (κ1) is 18.1. The van der Waals surface area contributed by atoms with Gasteiger partial charge in [0.25, 0.3) is 0 Å². The number of nitrogens with one attached hydrogen (secondary N) is 1. The Morgan fingerprint density at radius 3 is 2.50 bits per heavy atom. The molecule has 1 aromatic carbocycles. The number of guanidine groups is 1. The molecule has 0 unspecified atom stereocenters. The van der Waals surface area contributed by atoms with Gasteiger partial charge in [-0.3, -0.25) is 0 Å². The summed E-state index contributed by atoms with van der Waals surface area (Å²) < 4.78 is 7.28. The molecule has 0 saturated heterocycles. The number of nitrogens with zero attached hydrogens (tertiary/aromatic N) is 3. The molecule has 0 fully saturated rings. The molecule has 0 spiro atoms. The first-order valence-electron chi connectivity index (χ1n) is 8.30. The Labute approximate surface area is 145 Å². The van der Waals surface area contributed by atoms with E-state index in [9.17, 15) is 0 Å². The van der Waals surface area contributed by atoms with Gasteiger partial charge in [-0.2, -0.15) is 0 Å². The summed E-state index contributed by atoms with van der Waals surface area (Å²) in [6.45, 7) is 5.06. The number of aryl methyl sites for hydroxylation is 1. The molecule has 1 N–H and O–H groups in total. The van der Waals surface area contributed by atoms with Crippen LogP contribution in [0.1, 0.15) is 23.7 Å². The van der Waals surface area contributed by atoms with Gasteiger partial charge in [0, 0.05) is 39.6 Å². The van der Waals surface area contributed by atoms with Gasteiger partial charge in [0.15, 0.2) is 5.96 Å². The van der Waals surface area contributed by atoms with Crippen LogP contribution in [0, 0.1) is 0 Å². The van der Waals surface area contributed by atoms with E-state index in [1.807, 2.05) is 0 Å². The summed E-state index contributed by atoms with van der Waals surface area (Å²) in [6.07, 6.45) is 2.06. The first-order valence-corrected chi connectivity index (χ1v) is 8.30. The molecule has 130 valence electrons. The minimum atomic E-state index is 0.644. The van der Waals surface area contributed by atoms with Gasteiger partial charge >= 0.3 is 0 Å². The Balaban J connectivity index is 2.02. The third kappa shape index (κ3) is 5.13. The molecule has 2 rings (SSSR count). The van der Waals surface area contributed by atoms with E-state index < -0.39 is 0 Å². The second-order valence-electron chi connectivity index (χ2n) is 5.89. The highest BCUT2D eigenvalue weighted by Crippen LogP contribution is 2.08. The van der Waals surface area contributed by atoms with Crippen molar-refractivity contribution < 1.29 is 4.74 Å². The number of rotatable bonds is 7. The third-order valence-electron chi connectivity index (χ3n) is 3.89. The Bertz CT molecular complexity index is 646. The van der Waals surface area contributed by atoms with E-state index in [1.165, 1.54) is 16.8 Å². The molecule has 2 aromatic rings. The molecule has 0 bridgehead atoms. The predicted molar refractivity (Wildman–Crippen MR) is 98.9 cm³/mol. The molecule has 5 heteroatoms. The number of benzene rings is 1. The molecule has 0 amide bonds. The highest BCUT2D eigenvalue weighted by atomic mass is 16.5. The fraction of sp³-hybridized carbons (Fsp3) is 0.421. The topological polar surface area (TPSA) is 41.8 Å². The van der Waals surface area contributed by atoms with Crippen LogP contribution in [0.25, 0.3) is 0 Å². The smallest absolute Gasteiger partial charge is 0.194 e. The van der Waals surface area contributed by atoms with Crippen LogP contribution in [-0.2, 0) is 31.5 Å². The van der Waals surface area contributed by atoms with Crippen LogP contribution in [0.4, 0.5) is 0 Å². The van der Waals surface area contributed by atoms with E-state index in [0.29, 0.717) is 13.2 Å². The van der Waals surface area contributed by atoms with Gasteiger partial charge in [0.1, 0.15) is 0 Å². The molecule has 24 heavy (non-hydrogen) atoms. The maximum absolute atomic E-state index is 5.14. The van der Waals surface area contributed by atoms with E-state index in [1.54, 1.807) is 7.11 Å².